The number of methoxy groups -OCH3 is 1. The Balaban J connectivity index is 1.97. The van der Waals surface area contributed by atoms with Crippen LogP contribution in [0.2, 0.25) is 0 Å². The average Bonchev–Trinajstić information content (AvgIpc) is 3.02. The fourth-order valence-corrected chi connectivity index (χ4v) is 4.01. The first-order valence-electron chi connectivity index (χ1n) is 8.24. The molecule has 6 heteroatoms. The van der Waals surface area contributed by atoms with E-state index in [1.807, 2.05) is 5.38 Å². The summed E-state index contributed by atoms with van der Waals surface area (Å²) in [5.41, 5.74) is 0. The molecule has 1 fully saturated rings. The van der Waals surface area contributed by atoms with Gasteiger partial charge in [0.2, 0.25) is 0 Å². The van der Waals surface area contributed by atoms with Crippen molar-refractivity contribution in [3.05, 3.63) is 16.3 Å². The number of carboxylic acids is 1. The number of carboxylic acid groups (broad SMARTS) is 1. The van der Waals surface area contributed by atoms with Crippen molar-refractivity contribution in [2.75, 3.05) is 7.11 Å². The van der Waals surface area contributed by atoms with Crippen LogP contribution in [0.15, 0.2) is 11.4 Å². The lowest BCUT2D eigenvalue weighted by atomic mass is 9.84. The number of hydrogen-bond donors (Lipinski definition) is 2. The van der Waals surface area contributed by atoms with E-state index in [2.05, 4.69) is 5.32 Å². The van der Waals surface area contributed by atoms with Gasteiger partial charge in [0.05, 0.1) is 7.11 Å². The summed E-state index contributed by atoms with van der Waals surface area (Å²) in [6.45, 7) is 0. The predicted octanol–water partition coefficient (Wildman–Crippen LogP) is 3.69. The fraction of sp³-hybridized carbons (Fsp3) is 0.647. The first-order valence-corrected chi connectivity index (χ1v) is 9.12. The number of thiophene rings is 1. The molecule has 23 heavy (non-hydrogen) atoms. The van der Waals surface area contributed by atoms with Crippen molar-refractivity contribution >= 4 is 23.2 Å². The van der Waals surface area contributed by atoms with Gasteiger partial charge in [0.15, 0.2) is 0 Å². The van der Waals surface area contributed by atoms with E-state index in [0.29, 0.717) is 23.0 Å². The molecule has 1 saturated carbocycles. The number of rotatable bonds is 8. The van der Waals surface area contributed by atoms with Gasteiger partial charge in [0, 0.05) is 12.5 Å². The van der Waals surface area contributed by atoms with Crippen molar-refractivity contribution in [1.29, 1.82) is 0 Å². The van der Waals surface area contributed by atoms with Gasteiger partial charge in [-0.25, -0.2) is 0 Å². The zero-order valence-corrected chi connectivity index (χ0v) is 14.4. The Kier molecular flexibility index (Phi) is 6.89. The van der Waals surface area contributed by atoms with E-state index in [1.165, 1.54) is 43.4 Å². The molecule has 0 aliphatic heterocycles. The molecule has 1 aromatic heterocycles. The minimum Gasteiger partial charge on any atom is -0.495 e. The molecule has 1 amide bonds. The first-order chi connectivity index (χ1) is 11.1. The Morgan fingerprint density at radius 1 is 1.39 bits per heavy atom. The smallest absolute Gasteiger partial charge is 0.303 e. The molecule has 5 nitrogen and oxygen atoms in total. The van der Waals surface area contributed by atoms with E-state index in [0.717, 1.165) is 6.42 Å². The van der Waals surface area contributed by atoms with Gasteiger partial charge >= 0.3 is 5.97 Å². The maximum absolute atomic E-state index is 12.5. The van der Waals surface area contributed by atoms with E-state index in [9.17, 15) is 9.59 Å². The van der Waals surface area contributed by atoms with Crippen molar-refractivity contribution in [1.82, 2.24) is 5.32 Å². The number of carbonyl (C=O) groups is 2. The summed E-state index contributed by atoms with van der Waals surface area (Å²) in [7, 11) is 1.54. The minimum absolute atomic E-state index is 0.0826. The highest BCUT2D eigenvalue weighted by molar-refractivity contribution is 7.12. The van der Waals surface area contributed by atoms with Crippen LogP contribution in [0.3, 0.4) is 0 Å². The Morgan fingerprint density at radius 2 is 2.13 bits per heavy atom. The Hall–Kier alpha value is -1.56. The molecule has 1 atom stereocenters. The van der Waals surface area contributed by atoms with Crippen LogP contribution in [0, 0.1) is 5.92 Å². The maximum atomic E-state index is 12.5. The topological polar surface area (TPSA) is 75.6 Å². The molecular formula is C17H25NO4S. The van der Waals surface area contributed by atoms with Crippen LogP contribution in [0.4, 0.5) is 0 Å². The second-order valence-corrected chi connectivity index (χ2v) is 7.08. The van der Waals surface area contributed by atoms with Gasteiger partial charge in [0.25, 0.3) is 5.91 Å². The van der Waals surface area contributed by atoms with Gasteiger partial charge in [-0.05, 0) is 30.2 Å². The van der Waals surface area contributed by atoms with Gasteiger partial charge in [-0.15, -0.1) is 11.3 Å². The molecule has 1 unspecified atom stereocenters. The summed E-state index contributed by atoms with van der Waals surface area (Å²) in [4.78, 5) is 23.9. The molecule has 1 aromatic rings. The number of nitrogens with one attached hydrogen (secondary N) is 1. The van der Waals surface area contributed by atoms with Gasteiger partial charge in [0.1, 0.15) is 10.6 Å². The van der Waals surface area contributed by atoms with Gasteiger partial charge in [-0.3, -0.25) is 9.59 Å². The fourth-order valence-electron chi connectivity index (χ4n) is 3.25. The molecule has 2 rings (SSSR count). The van der Waals surface area contributed by atoms with Crippen LogP contribution in [0.5, 0.6) is 5.75 Å². The number of amides is 1. The highest BCUT2D eigenvalue weighted by atomic mass is 32.1. The monoisotopic (exact) mass is 339 g/mol. The lowest BCUT2D eigenvalue weighted by molar-refractivity contribution is -0.137. The number of ether oxygens (including phenoxy) is 1. The van der Waals surface area contributed by atoms with Crippen LogP contribution < -0.4 is 10.1 Å². The standard InChI is InChI=1S/C17H25NO4S/c1-22-14-9-10-23-16(14)17(21)18-13(7-8-15(19)20)11-12-5-3-2-4-6-12/h9-10,12-13H,2-8,11H2,1H3,(H,18,21)(H,19,20). The Labute approximate surface area is 141 Å². The van der Waals surface area contributed by atoms with E-state index < -0.39 is 5.97 Å². The molecule has 0 radical (unpaired) electrons. The summed E-state index contributed by atoms with van der Waals surface area (Å²) in [6, 6.07) is 1.68. The number of carbonyl (C=O) groups excluding carboxylic acids is 1. The lowest BCUT2D eigenvalue weighted by Gasteiger charge is -2.27. The highest BCUT2D eigenvalue weighted by Gasteiger charge is 2.23. The molecule has 0 saturated heterocycles. The second kappa shape index (κ2) is 8.91. The van der Waals surface area contributed by atoms with E-state index in [4.69, 9.17) is 9.84 Å². The summed E-state index contributed by atoms with van der Waals surface area (Å²) in [5, 5.41) is 13.8. The summed E-state index contributed by atoms with van der Waals surface area (Å²) in [6.07, 6.45) is 7.56. The van der Waals surface area contributed by atoms with Crippen LogP contribution in [-0.2, 0) is 4.79 Å². The van der Waals surface area contributed by atoms with E-state index in [1.54, 1.807) is 13.2 Å². The van der Waals surface area contributed by atoms with Gasteiger partial charge in [-0.1, -0.05) is 32.1 Å². The van der Waals surface area contributed by atoms with E-state index >= 15 is 0 Å². The van der Waals surface area contributed by atoms with E-state index in [-0.39, 0.29) is 18.4 Å². The van der Waals surface area contributed by atoms with Crippen LogP contribution >= 0.6 is 11.3 Å². The quantitative estimate of drug-likeness (QED) is 0.757. The van der Waals surface area contributed by atoms with Crippen molar-refractivity contribution in [2.24, 2.45) is 5.92 Å². The summed E-state index contributed by atoms with van der Waals surface area (Å²) >= 11 is 1.34. The molecule has 128 valence electrons. The van der Waals surface area contributed by atoms with Gasteiger partial charge in [-0.2, -0.15) is 0 Å². The Morgan fingerprint density at radius 3 is 2.78 bits per heavy atom. The third kappa shape index (κ3) is 5.53. The van der Waals surface area contributed by atoms with Gasteiger partial charge < -0.3 is 15.2 Å². The normalized spacial score (nSPS) is 16.7. The molecule has 1 heterocycles. The molecule has 0 bridgehead atoms. The zero-order chi connectivity index (χ0) is 16.7. The summed E-state index contributed by atoms with van der Waals surface area (Å²) < 4.78 is 5.19. The van der Waals surface area contributed by atoms with Crippen LogP contribution in [-0.4, -0.2) is 30.1 Å². The molecule has 0 aromatic carbocycles. The molecule has 0 spiro atoms. The minimum atomic E-state index is -0.818. The van der Waals surface area contributed by atoms with Crippen molar-refractivity contribution in [3.8, 4) is 5.75 Å². The molecule has 1 aliphatic carbocycles. The van der Waals surface area contributed by atoms with Crippen molar-refractivity contribution in [3.63, 3.8) is 0 Å². The molecule has 1 aliphatic rings. The SMILES string of the molecule is COc1ccsc1C(=O)NC(CCC(=O)O)CC1CCCCC1. The zero-order valence-electron chi connectivity index (χ0n) is 13.5. The largest absolute Gasteiger partial charge is 0.495 e. The first kappa shape index (κ1) is 17.8. The lowest BCUT2D eigenvalue weighted by Crippen LogP contribution is -2.37. The molecular weight excluding hydrogens is 314 g/mol. The third-order valence-corrected chi connectivity index (χ3v) is 5.33. The van der Waals surface area contributed by atoms with Crippen LogP contribution in [0.25, 0.3) is 0 Å². The molecule has 2 N–H and O–H groups in total. The van der Waals surface area contributed by atoms with Crippen molar-refractivity contribution < 1.29 is 19.4 Å². The highest BCUT2D eigenvalue weighted by Crippen LogP contribution is 2.29. The Bertz CT molecular complexity index is 522. The number of hydrogen-bond acceptors (Lipinski definition) is 4. The second-order valence-electron chi connectivity index (χ2n) is 6.16. The predicted molar refractivity (Wildman–Crippen MR) is 90.2 cm³/mol. The maximum Gasteiger partial charge on any atom is 0.303 e. The number of aliphatic carboxylic acids is 1. The van der Waals surface area contributed by atoms with Crippen molar-refractivity contribution in [2.45, 2.75) is 57.4 Å². The average molecular weight is 339 g/mol. The third-order valence-electron chi connectivity index (χ3n) is 4.44. The summed E-state index contributed by atoms with van der Waals surface area (Å²) in [5.74, 6) is 0.180. The van der Waals surface area contributed by atoms with Crippen LogP contribution in [0.1, 0.15) is 61.0 Å².